The molecule has 29 heteroatoms. The van der Waals surface area contributed by atoms with Crippen LogP contribution in [0.2, 0.25) is 0 Å². The molecule has 12 aromatic carbocycles. The Morgan fingerprint density at radius 2 is 0.564 bits per heavy atom. The molecule has 0 amide bonds. The fourth-order valence-electron chi connectivity index (χ4n) is 11.5. The summed E-state index contributed by atoms with van der Waals surface area (Å²) < 4.78 is 194. The van der Waals surface area contributed by atoms with Gasteiger partial charge in [-0.05, 0) is 267 Å². The summed E-state index contributed by atoms with van der Waals surface area (Å²) in [6.07, 6.45) is 0. The van der Waals surface area contributed by atoms with Gasteiger partial charge in [-0.2, -0.15) is 25.3 Å². The SMILES string of the molecule is COc1ccc(C(C)(C)c2ccc(Oc3ccc(S(=O)(=O)c4ccc(C)cc4C(=O)c4ccc(Oc5ccc(S(=O)(=O)O)cc5)cc4)cc3C(=O)c3ccc(Oc4ccc(S(=O)(=O)O)cc4)cc3)c(C(=O)c3ccc(Oc4ccc(S(=O)(=O)O)cc4)cc3)c2)cc1C(=O)c1ccc(Oc2ccc(S(O)(O)O)cc2)cc1. The smallest absolute Gasteiger partial charge is 0.294 e. The van der Waals surface area contributed by atoms with Crippen LogP contribution in [0.25, 0.3) is 0 Å². The van der Waals surface area contributed by atoms with Gasteiger partial charge in [0.2, 0.25) is 9.84 Å². The van der Waals surface area contributed by atoms with Crippen LogP contribution >= 0.6 is 10.9 Å². The molecule has 560 valence electrons. The van der Waals surface area contributed by atoms with Gasteiger partial charge >= 0.3 is 0 Å². The standard InChI is InChI=1S/C81H62O24S5/c1-49-5-44-76(72(45-49)80(85)53-12-22-59(23-13-53)104-63-30-38-67(39-31-63)110(97,98)99)106(86,87)68-40-43-75(71(48-68)79(84)52-10-20-58(21-11-52)103-62-28-36-66(37-29-62)109(94,95)96)105-74-42-15-55(47-70(74)78(83)51-8-18-57(19-9-51)102-61-26-34-65(35-27-61)108(91,92)93)81(2,3)54-14-41-73(100-4)69(46-54)77(82)50-6-16-56(17-7-50)101-60-24-32-64(33-25-60)107(88,89)90/h5-48,88-90H,1-4H3,(H,91,92,93)(H,94,95,96)(H,97,98,99). The lowest BCUT2D eigenvalue weighted by molar-refractivity contribution is 0.102. The highest BCUT2D eigenvalue weighted by Crippen LogP contribution is 2.45. The maximum atomic E-state index is 15.4. The minimum Gasteiger partial charge on any atom is -0.496 e. The van der Waals surface area contributed by atoms with E-state index in [4.69, 9.17) is 28.4 Å². The highest BCUT2D eigenvalue weighted by molar-refractivity contribution is 8.19. The molecule has 0 saturated carbocycles. The second-order valence-corrected chi connectivity index (χ2v) is 32.9. The largest absolute Gasteiger partial charge is 0.496 e. The molecule has 0 spiro atoms. The molecule has 0 fully saturated rings. The van der Waals surface area contributed by atoms with Crippen LogP contribution in [0.1, 0.15) is 94.2 Å². The predicted octanol–water partition coefficient (Wildman–Crippen LogP) is 17.4. The van der Waals surface area contributed by atoms with Crippen LogP contribution in [0.4, 0.5) is 0 Å². The summed E-state index contributed by atoms with van der Waals surface area (Å²) in [5.41, 5.74) is 0.211. The molecule has 0 radical (unpaired) electrons. The van der Waals surface area contributed by atoms with Crippen molar-refractivity contribution in [3.8, 4) is 63.2 Å². The number of methoxy groups -OCH3 is 1. The minimum atomic E-state index is -4.80. The number of hydrogen-bond donors (Lipinski definition) is 6. The highest BCUT2D eigenvalue weighted by Gasteiger charge is 2.32. The number of ketones is 4. The summed E-state index contributed by atoms with van der Waals surface area (Å²) in [4.78, 5) is 57.7. The van der Waals surface area contributed by atoms with Crippen molar-refractivity contribution in [1.29, 1.82) is 0 Å². The molecule has 0 aromatic heterocycles. The van der Waals surface area contributed by atoms with Crippen LogP contribution in [-0.2, 0) is 45.6 Å². The zero-order valence-corrected chi connectivity index (χ0v) is 62.1. The highest BCUT2D eigenvalue weighted by atomic mass is 32.3. The molecule has 12 rings (SSSR count). The van der Waals surface area contributed by atoms with E-state index in [1.54, 1.807) is 61.5 Å². The Kier molecular flexibility index (Phi) is 21.8. The average Bonchev–Trinajstić information content (AvgIpc) is 0.768. The van der Waals surface area contributed by atoms with Crippen LogP contribution in [0.5, 0.6) is 63.2 Å². The molecule has 6 N–H and O–H groups in total. The number of carbonyl (C=O) groups excluding carboxylic acids is 4. The van der Waals surface area contributed by atoms with E-state index in [0.29, 0.717) is 28.2 Å². The van der Waals surface area contributed by atoms with Crippen molar-refractivity contribution in [3.63, 3.8) is 0 Å². The maximum Gasteiger partial charge on any atom is 0.294 e. The first kappa shape index (κ1) is 77.6. The quantitative estimate of drug-likeness (QED) is 0.0206. The fraction of sp³-hybridized carbons (Fsp3) is 0.0617. The number of aryl methyl sites for hydroxylation is 1. The molecular formula is C81H62O24S5. The minimum absolute atomic E-state index is 0.0334. The summed E-state index contributed by atoms with van der Waals surface area (Å²) >= 11 is 0. The molecule has 0 atom stereocenters. The first-order valence-corrected chi connectivity index (χ1v) is 40.0. The molecule has 0 heterocycles. The Labute approximate surface area is 632 Å². The van der Waals surface area contributed by atoms with Crippen molar-refractivity contribution >= 4 is 74.2 Å². The van der Waals surface area contributed by atoms with Gasteiger partial charge in [-0.1, -0.05) is 37.6 Å². The second kappa shape index (κ2) is 31.0. The van der Waals surface area contributed by atoms with Gasteiger partial charge in [0.1, 0.15) is 74.1 Å². The van der Waals surface area contributed by atoms with E-state index >= 15 is 18.0 Å². The third-order valence-corrected chi connectivity index (χ3v) is 22.7. The first-order valence-electron chi connectivity index (χ1n) is 32.6. The summed E-state index contributed by atoms with van der Waals surface area (Å²) in [7, 11) is -20.9. The second-order valence-electron chi connectivity index (χ2n) is 25.2. The average molecular weight is 1580 g/mol. The number of benzene rings is 12. The van der Waals surface area contributed by atoms with Crippen LogP contribution in [0, 0.1) is 6.92 Å². The van der Waals surface area contributed by atoms with Gasteiger partial charge in [0.15, 0.2) is 23.1 Å². The molecular weight excluding hydrogens is 1520 g/mol. The molecule has 0 aliphatic heterocycles. The molecule has 110 heavy (non-hydrogen) atoms. The van der Waals surface area contributed by atoms with E-state index in [1.807, 2.05) is 13.8 Å². The van der Waals surface area contributed by atoms with Gasteiger partial charge in [-0.15, -0.1) is 0 Å². The first-order chi connectivity index (χ1) is 52.0. The van der Waals surface area contributed by atoms with Crippen LogP contribution in [0.15, 0.2) is 296 Å². The number of rotatable bonds is 27. The van der Waals surface area contributed by atoms with Gasteiger partial charge in [0.25, 0.3) is 30.4 Å². The van der Waals surface area contributed by atoms with Crippen LogP contribution in [0.3, 0.4) is 0 Å². The van der Waals surface area contributed by atoms with Gasteiger partial charge in [-0.25, -0.2) is 8.42 Å². The van der Waals surface area contributed by atoms with E-state index in [1.165, 1.54) is 171 Å². The lowest BCUT2D eigenvalue weighted by atomic mass is 9.76. The lowest BCUT2D eigenvalue weighted by Gasteiger charge is -2.28. The number of ether oxygens (including phenoxy) is 6. The maximum absolute atomic E-state index is 15.4. The van der Waals surface area contributed by atoms with Gasteiger partial charge in [0, 0.05) is 33.2 Å². The lowest BCUT2D eigenvalue weighted by Crippen LogP contribution is -2.21. The van der Waals surface area contributed by atoms with Crippen molar-refractivity contribution in [1.82, 2.24) is 0 Å². The molecule has 0 aliphatic rings. The summed E-state index contributed by atoms with van der Waals surface area (Å²) in [5.74, 6) is -1.13. The third-order valence-electron chi connectivity index (χ3n) is 17.4. The van der Waals surface area contributed by atoms with Crippen LogP contribution < -0.4 is 28.4 Å². The van der Waals surface area contributed by atoms with Crippen molar-refractivity contribution in [2.24, 2.45) is 0 Å². The van der Waals surface area contributed by atoms with E-state index in [2.05, 4.69) is 0 Å². The zero-order valence-electron chi connectivity index (χ0n) is 58.0. The van der Waals surface area contributed by atoms with Gasteiger partial charge < -0.3 is 42.1 Å². The summed E-state index contributed by atoms with van der Waals surface area (Å²) in [6.45, 7) is 5.34. The Hall–Kier alpha value is -12.0. The Morgan fingerprint density at radius 1 is 0.291 bits per heavy atom. The van der Waals surface area contributed by atoms with Gasteiger partial charge in [-0.3, -0.25) is 32.8 Å². The summed E-state index contributed by atoms with van der Waals surface area (Å²) in [5, 5.41) is 0. The van der Waals surface area contributed by atoms with Crippen molar-refractivity contribution in [3.05, 3.63) is 328 Å². The van der Waals surface area contributed by atoms with Crippen molar-refractivity contribution in [2.45, 2.75) is 55.6 Å². The molecule has 0 saturated heterocycles. The van der Waals surface area contributed by atoms with E-state index in [0.717, 1.165) is 48.5 Å². The van der Waals surface area contributed by atoms with E-state index < -0.39 is 94.3 Å². The molecule has 0 bridgehead atoms. The Bertz CT molecular complexity index is 6050. The number of sulfone groups is 1. The predicted molar refractivity (Wildman–Crippen MR) is 403 cm³/mol. The molecule has 12 aromatic rings. The third kappa shape index (κ3) is 17.6. The van der Waals surface area contributed by atoms with E-state index in [-0.39, 0.29) is 111 Å². The molecule has 24 nitrogen and oxygen atoms in total. The Balaban J connectivity index is 0.917. The number of carbonyl (C=O) groups is 4. The topological polar surface area (TPSA) is 382 Å². The Morgan fingerprint density at radius 3 is 0.882 bits per heavy atom. The molecule has 0 aliphatic carbocycles. The van der Waals surface area contributed by atoms with Crippen molar-refractivity contribution < 1.29 is 109 Å². The van der Waals surface area contributed by atoms with Crippen molar-refractivity contribution in [2.75, 3.05) is 7.11 Å². The number of hydrogen-bond acceptors (Lipinski definition) is 21. The zero-order chi connectivity index (χ0) is 78.8. The van der Waals surface area contributed by atoms with E-state index in [9.17, 15) is 62.2 Å². The fourth-order valence-corrected chi connectivity index (χ4v) is 14.9. The summed E-state index contributed by atoms with van der Waals surface area (Å²) in [6, 6.07) is 60.6. The van der Waals surface area contributed by atoms with Crippen LogP contribution in [-0.4, -0.2) is 91.2 Å². The molecule has 0 unspecified atom stereocenters. The van der Waals surface area contributed by atoms with Gasteiger partial charge in [0.05, 0.1) is 53.2 Å². The monoisotopic (exact) mass is 1580 g/mol. The normalized spacial score (nSPS) is 12.1.